The fourth-order valence-electron chi connectivity index (χ4n) is 2.10. The molecule has 106 valence electrons. The summed E-state index contributed by atoms with van der Waals surface area (Å²) in [7, 11) is 1.69. The molecule has 1 N–H and O–H groups in total. The average molecular weight is 271 g/mol. The van der Waals surface area contributed by atoms with Crippen LogP contribution in [-0.2, 0) is 12.8 Å². The predicted octanol–water partition coefficient (Wildman–Crippen LogP) is 3.07. The summed E-state index contributed by atoms with van der Waals surface area (Å²) in [5.74, 6) is 2.59. The smallest absolute Gasteiger partial charge is 0.135 e. The van der Waals surface area contributed by atoms with E-state index < -0.39 is 0 Å². The molecule has 0 unspecified atom stereocenters. The maximum absolute atomic E-state index is 5.38. The standard InChI is InChI=1S/C16H21N3O/c1-4-13-11-15(17-5-2)19-16(18-13)10-12-8-6-7-9-14(12)20-3/h6-9,11H,4-5,10H2,1-3H3,(H,17,18,19). The molecule has 0 amide bonds. The zero-order chi connectivity index (χ0) is 14.4. The molecule has 0 aliphatic carbocycles. The van der Waals surface area contributed by atoms with E-state index in [2.05, 4.69) is 29.1 Å². The van der Waals surface area contributed by atoms with Gasteiger partial charge in [-0.25, -0.2) is 9.97 Å². The number of methoxy groups -OCH3 is 1. The number of aromatic nitrogens is 2. The first-order valence-corrected chi connectivity index (χ1v) is 6.99. The number of hydrogen-bond acceptors (Lipinski definition) is 4. The maximum Gasteiger partial charge on any atom is 0.135 e. The maximum atomic E-state index is 5.38. The Bertz CT molecular complexity index is 569. The van der Waals surface area contributed by atoms with Gasteiger partial charge >= 0.3 is 0 Å². The van der Waals surface area contributed by atoms with Crippen LogP contribution in [0.2, 0.25) is 0 Å². The van der Waals surface area contributed by atoms with E-state index in [9.17, 15) is 0 Å². The number of anilines is 1. The van der Waals surface area contributed by atoms with Gasteiger partial charge in [-0.05, 0) is 19.4 Å². The van der Waals surface area contributed by atoms with Crippen LogP contribution >= 0.6 is 0 Å². The van der Waals surface area contributed by atoms with Crippen LogP contribution in [0.4, 0.5) is 5.82 Å². The van der Waals surface area contributed by atoms with Crippen molar-refractivity contribution in [2.45, 2.75) is 26.7 Å². The highest BCUT2D eigenvalue weighted by Gasteiger charge is 2.08. The van der Waals surface area contributed by atoms with E-state index >= 15 is 0 Å². The second kappa shape index (κ2) is 6.89. The van der Waals surface area contributed by atoms with E-state index in [1.54, 1.807) is 7.11 Å². The van der Waals surface area contributed by atoms with E-state index in [0.29, 0.717) is 6.42 Å². The fourth-order valence-corrected chi connectivity index (χ4v) is 2.10. The largest absolute Gasteiger partial charge is 0.496 e. The van der Waals surface area contributed by atoms with Crippen LogP contribution in [0.25, 0.3) is 0 Å². The summed E-state index contributed by atoms with van der Waals surface area (Å²) in [5.41, 5.74) is 2.16. The second-order valence-electron chi connectivity index (χ2n) is 4.53. The van der Waals surface area contributed by atoms with E-state index in [-0.39, 0.29) is 0 Å². The number of hydrogen-bond donors (Lipinski definition) is 1. The van der Waals surface area contributed by atoms with Crippen LogP contribution in [0.15, 0.2) is 30.3 Å². The Balaban J connectivity index is 2.30. The molecule has 4 heteroatoms. The van der Waals surface area contributed by atoms with Crippen molar-refractivity contribution in [1.29, 1.82) is 0 Å². The van der Waals surface area contributed by atoms with Gasteiger partial charge in [0.15, 0.2) is 0 Å². The van der Waals surface area contributed by atoms with Gasteiger partial charge in [0.25, 0.3) is 0 Å². The van der Waals surface area contributed by atoms with Gasteiger partial charge in [-0.2, -0.15) is 0 Å². The molecule has 0 bridgehead atoms. The van der Waals surface area contributed by atoms with Crippen molar-refractivity contribution in [3.8, 4) is 5.75 Å². The van der Waals surface area contributed by atoms with Gasteiger partial charge in [0.1, 0.15) is 17.4 Å². The molecule has 0 spiro atoms. The number of nitrogens with one attached hydrogen (secondary N) is 1. The number of aryl methyl sites for hydroxylation is 1. The highest BCUT2D eigenvalue weighted by Crippen LogP contribution is 2.20. The molecule has 0 saturated carbocycles. The number of nitrogens with zero attached hydrogens (tertiary/aromatic N) is 2. The van der Waals surface area contributed by atoms with Crippen LogP contribution < -0.4 is 10.1 Å². The van der Waals surface area contributed by atoms with Gasteiger partial charge in [-0.1, -0.05) is 25.1 Å². The molecule has 4 nitrogen and oxygen atoms in total. The zero-order valence-corrected chi connectivity index (χ0v) is 12.3. The Morgan fingerprint density at radius 2 is 1.95 bits per heavy atom. The van der Waals surface area contributed by atoms with Crippen molar-refractivity contribution in [3.63, 3.8) is 0 Å². The average Bonchev–Trinajstić information content (AvgIpc) is 2.48. The van der Waals surface area contributed by atoms with Crippen LogP contribution in [0.1, 0.15) is 30.9 Å². The molecule has 0 saturated heterocycles. The molecule has 2 rings (SSSR count). The van der Waals surface area contributed by atoms with Crippen LogP contribution in [0, 0.1) is 0 Å². The highest BCUT2D eigenvalue weighted by atomic mass is 16.5. The van der Waals surface area contributed by atoms with Gasteiger partial charge in [0, 0.05) is 30.3 Å². The summed E-state index contributed by atoms with van der Waals surface area (Å²) in [6, 6.07) is 10.00. The Kier molecular flexibility index (Phi) is 4.93. The molecule has 20 heavy (non-hydrogen) atoms. The molecule has 1 aromatic heterocycles. The minimum atomic E-state index is 0.677. The van der Waals surface area contributed by atoms with E-state index in [0.717, 1.165) is 41.6 Å². The molecule has 0 radical (unpaired) electrons. The number of para-hydroxylation sites is 1. The van der Waals surface area contributed by atoms with Crippen molar-refractivity contribution in [2.75, 3.05) is 19.0 Å². The zero-order valence-electron chi connectivity index (χ0n) is 12.3. The van der Waals surface area contributed by atoms with Crippen molar-refractivity contribution in [1.82, 2.24) is 9.97 Å². The fraction of sp³-hybridized carbons (Fsp3) is 0.375. The van der Waals surface area contributed by atoms with Crippen LogP contribution in [-0.4, -0.2) is 23.6 Å². The molecule has 0 atom stereocenters. The molecule has 0 aliphatic rings. The highest BCUT2D eigenvalue weighted by molar-refractivity contribution is 5.39. The lowest BCUT2D eigenvalue weighted by molar-refractivity contribution is 0.410. The van der Waals surface area contributed by atoms with Crippen molar-refractivity contribution in [3.05, 3.63) is 47.4 Å². The van der Waals surface area contributed by atoms with Crippen molar-refractivity contribution >= 4 is 5.82 Å². The SMILES string of the molecule is CCNc1cc(CC)nc(Cc2ccccc2OC)n1. The molecule has 1 heterocycles. The first-order chi connectivity index (χ1) is 9.76. The summed E-state index contributed by atoms with van der Waals surface area (Å²) in [6.07, 6.45) is 1.58. The number of ether oxygens (including phenoxy) is 1. The monoisotopic (exact) mass is 271 g/mol. The topological polar surface area (TPSA) is 47.0 Å². The van der Waals surface area contributed by atoms with Crippen LogP contribution in [0.3, 0.4) is 0 Å². The third kappa shape index (κ3) is 3.47. The van der Waals surface area contributed by atoms with Crippen molar-refractivity contribution < 1.29 is 4.74 Å². The summed E-state index contributed by atoms with van der Waals surface area (Å²) in [5, 5.41) is 3.25. The first kappa shape index (κ1) is 14.3. The van der Waals surface area contributed by atoms with Crippen molar-refractivity contribution in [2.24, 2.45) is 0 Å². The second-order valence-corrected chi connectivity index (χ2v) is 4.53. The summed E-state index contributed by atoms with van der Waals surface area (Å²) in [6.45, 7) is 5.02. The summed E-state index contributed by atoms with van der Waals surface area (Å²) in [4.78, 5) is 9.16. The van der Waals surface area contributed by atoms with Gasteiger partial charge in [0.2, 0.25) is 0 Å². The Morgan fingerprint density at radius 1 is 1.15 bits per heavy atom. The summed E-state index contributed by atoms with van der Waals surface area (Å²) < 4.78 is 5.38. The molecule has 0 fully saturated rings. The lowest BCUT2D eigenvalue weighted by Gasteiger charge is -2.10. The Hall–Kier alpha value is -2.10. The lowest BCUT2D eigenvalue weighted by atomic mass is 10.1. The van der Waals surface area contributed by atoms with Gasteiger partial charge < -0.3 is 10.1 Å². The van der Waals surface area contributed by atoms with Gasteiger partial charge in [-0.3, -0.25) is 0 Å². The lowest BCUT2D eigenvalue weighted by Crippen LogP contribution is -2.07. The Labute approximate surface area is 120 Å². The number of benzene rings is 1. The molecular weight excluding hydrogens is 250 g/mol. The quantitative estimate of drug-likeness (QED) is 0.877. The van der Waals surface area contributed by atoms with E-state index in [4.69, 9.17) is 4.74 Å². The van der Waals surface area contributed by atoms with Gasteiger partial charge in [0.05, 0.1) is 7.11 Å². The minimum absolute atomic E-state index is 0.677. The first-order valence-electron chi connectivity index (χ1n) is 6.99. The normalized spacial score (nSPS) is 10.3. The van der Waals surface area contributed by atoms with E-state index in [1.807, 2.05) is 30.3 Å². The van der Waals surface area contributed by atoms with Crippen LogP contribution in [0.5, 0.6) is 5.75 Å². The summed E-state index contributed by atoms with van der Waals surface area (Å²) >= 11 is 0. The number of rotatable bonds is 6. The molecule has 0 aliphatic heterocycles. The Morgan fingerprint density at radius 3 is 2.65 bits per heavy atom. The third-order valence-corrected chi connectivity index (χ3v) is 3.09. The predicted molar refractivity (Wildman–Crippen MR) is 81.4 cm³/mol. The van der Waals surface area contributed by atoms with E-state index in [1.165, 1.54) is 0 Å². The third-order valence-electron chi connectivity index (χ3n) is 3.09. The molecular formula is C16H21N3O. The minimum Gasteiger partial charge on any atom is -0.496 e. The molecule has 1 aromatic carbocycles. The molecule has 2 aromatic rings. The van der Waals surface area contributed by atoms with Gasteiger partial charge in [-0.15, -0.1) is 0 Å².